The van der Waals surface area contributed by atoms with Gasteiger partial charge in [0.2, 0.25) is 0 Å². The van der Waals surface area contributed by atoms with Crippen LogP contribution in [0.25, 0.3) is 0 Å². The molecule has 0 fully saturated rings. The van der Waals surface area contributed by atoms with Crippen molar-refractivity contribution < 1.29 is 52.4 Å². The van der Waals surface area contributed by atoms with Crippen LogP contribution in [0.2, 0.25) is 0 Å². The Morgan fingerprint density at radius 2 is 1.52 bits per heavy atom. The molecule has 0 aromatic heterocycles. The maximum absolute atomic E-state index is 11.8. The molecule has 29 heavy (non-hydrogen) atoms. The fourth-order valence-electron chi connectivity index (χ4n) is 3.11. The third-order valence-electron chi connectivity index (χ3n) is 4.67. The van der Waals surface area contributed by atoms with E-state index < -0.39 is 10.1 Å². The van der Waals surface area contributed by atoms with E-state index in [2.05, 4.69) is 6.92 Å². The SMILES string of the molecule is CCCCCCCCCCc1ccc(Oc2ccccc2[O-])c(S(=O)(=O)O)c1.[Na+]. The molecule has 0 spiro atoms. The molecule has 0 saturated carbocycles. The van der Waals surface area contributed by atoms with Crippen LogP contribution in [-0.2, 0) is 16.5 Å². The molecule has 0 unspecified atom stereocenters. The summed E-state index contributed by atoms with van der Waals surface area (Å²) in [5.74, 6) is -0.388. The van der Waals surface area contributed by atoms with Crippen molar-refractivity contribution >= 4 is 10.1 Å². The first-order valence-electron chi connectivity index (χ1n) is 9.96. The van der Waals surface area contributed by atoms with Crippen molar-refractivity contribution in [2.75, 3.05) is 0 Å². The summed E-state index contributed by atoms with van der Waals surface area (Å²) < 4.78 is 38.6. The smallest absolute Gasteiger partial charge is 0.870 e. The number of rotatable bonds is 12. The van der Waals surface area contributed by atoms with Crippen molar-refractivity contribution in [1.29, 1.82) is 0 Å². The zero-order valence-corrected chi connectivity index (χ0v) is 20.2. The van der Waals surface area contributed by atoms with E-state index in [0.29, 0.717) is 0 Å². The van der Waals surface area contributed by atoms with Crippen LogP contribution >= 0.6 is 0 Å². The third kappa shape index (κ3) is 9.09. The number of para-hydroxylation sites is 2. The fraction of sp³-hybridized carbons (Fsp3) is 0.455. The largest absolute Gasteiger partial charge is 1.00 e. The molecule has 0 amide bonds. The van der Waals surface area contributed by atoms with Gasteiger partial charge >= 0.3 is 29.6 Å². The number of ether oxygens (including phenoxy) is 1. The Morgan fingerprint density at radius 1 is 0.897 bits per heavy atom. The molecule has 1 N–H and O–H groups in total. The summed E-state index contributed by atoms with van der Waals surface area (Å²) >= 11 is 0. The summed E-state index contributed by atoms with van der Waals surface area (Å²) in [6.45, 7) is 2.20. The van der Waals surface area contributed by atoms with Gasteiger partial charge in [0, 0.05) is 0 Å². The molecule has 2 rings (SSSR count). The van der Waals surface area contributed by atoms with E-state index in [1.54, 1.807) is 18.2 Å². The van der Waals surface area contributed by atoms with E-state index in [4.69, 9.17) is 4.74 Å². The van der Waals surface area contributed by atoms with Crippen LogP contribution in [0.3, 0.4) is 0 Å². The first-order valence-corrected chi connectivity index (χ1v) is 11.4. The second-order valence-electron chi connectivity index (χ2n) is 7.03. The van der Waals surface area contributed by atoms with Gasteiger partial charge in [-0.2, -0.15) is 8.42 Å². The molecule has 0 radical (unpaired) electrons. The van der Waals surface area contributed by atoms with Gasteiger partial charge in [0.05, 0.1) is 0 Å². The van der Waals surface area contributed by atoms with Crippen LogP contribution < -0.4 is 39.4 Å². The van der Waals surface area contributed by atoms with Gasteiger partial charge in [-0.05, 0) is 36.6 Å². The van der Waals surface area contributed by atoms with Crippen molar-refractivity contribution in [2.45, 2.75) is 69.6 Å². The molecule has 7 heteroatoms. The zero-order chi connectivity index (χ0) is 20.4. The van der Waals surface area contributed by atoms with Crippen LogP contribution in [0.4, 0.5) is 0 Å². The molecule has 0 bridgehead atoms. The summed E-state index contributed by atoms with van der Waals surface area (Å²) in [4.78, 5) is -0.312. The Hall–Kier alpha value is -1.05. The van der Waals surface area contributed by atoms with E-state index in [-0.39, 0.29) is 51.7 Å². The molecule has 5 nitrogen and oxygen atoms in total. The van der Waals surface area contributed by atoms with Crippen molar-refractivity contribution in [3.63, 3.8) is 0 Å². The molecule has 2 aromatic rings. The minimum atomic E-state index is -4.46. The van der Waals surface area contributed by atoms with Gasteiger partial charge in [0.25, 0.3) is 10.1 Å². The number of benzene rings is 2. The van der Waals surface area contributed by atoms with Gasteiger partial charge in [0.1, 0.15) is 16.4 Å². The van der Waals surface area contributed by atoms with Crippen LogP contribution in [0, 0.1) is 0 Å². The third-order valence-corrected chi connectivity index (χ3v) is 5.55. The van der Waals surface area contributed by atoms with E-state index in [9.17, 15) is 18.1 Å². The van der Waals surface area contributed by atoms with Gasteiger partial charge in [-0.25, -0.2) is 0 Å². The van der Waals surface area contributed by atoms with E-state index in [1.807, 2.05) is 0 Å². The molecular weight excluding hydrogens is 399 g/mol. The van der Waals surface area contributed by atoms with Crippen molar-refractivity contribution in [3.8, 4) is 17.2 Å². The molecule has 154 valence electrons. The van der Waals surface area contributed by atoms with Gasteiger partial charge in [-0.3, -0.25) is 4.55 Å². The minimum absolute atomic E-state index is 0. The van der Waals surface area contributed by atoms with Crippen molar-refractivity contribution in [3.05, 3.63) is 48.0 Å². The summed E-state index contributed by atoms with van der Waals surface area (Å²) in [7, 11) is -4.46. The standard InChI is InChI=1S/C22H30O5S.Na/c1-2-3-4-5-6-7-8-9-12-18-15-16-21(22(17-18)28(24,25)26)27-20-14-11-10-13-19(20)23;/h10-11,13-17,23H,2-9,12H2,1H3,(H,24,25,26);/q;+1/p-1. The van der Waals surface area contributed by atoms with Gasteiger partial charge in [-0.15, -0.1) is 0 Å². The number of aryl methyl sites for hydroxylation is 1. The molecule has 2 aromatic carbocycles. The topological polar surface area (TPSA) is 86.7 Å². The van der Waals surface area contributed by atoms with Crippen molar-refractivity contribution in [1.82, 2.24) is 0 Å². The molecule has 0 aliphatic rings. The minimum Gasteiger partial charge on any atom is -0.870 e. The number of hydrogen-bond donors (Lipinski definition) is 1. The Kier molecular flexibility index (Phi) is 11.9. The normalized spacial score (nSPS) is 11.1. The Balaban J connectivity index is 0.00000420. The molecule has 0 aliphatic carbocycles. The zero-order valence-electron chi connectivity index (χ0n) is 17.4. The predicted octanol–water partition coefficient (Wildman–Crippen LogP) is 2.49. The van der Waals surface area contributed by atoms with Gasteiger partial charge in [-0.1, -0.05) is 81.9 Å². The average Bonchev–Trinajstić information content (AvgIpc) is 2.66. The first-order chi connectivity index (χ1) is 13.4. The number of unbranched alkanes of at least 4 members (excludes halogenated alkanes) is 7. The van der Waals surface area contributed by atoms with Gasteiger partial charge < -0.3 is 9.84 Å². The molecule has 0 aliphatic heterocycles. The summed E-state index contributed by atoms with van der Waals surface area (Å²) in [6.07, 6.45) is 10.3. The maximum Gasteiger partial charge on any atom is 1.00 e. The summed E-state index contributed by atoms with van der Waals surface area (Å²) in [6, 6.07) is 10.7. The van der Waals surface area contributed by atoms with E-state index >= 15 is 0 Å². The monoisotopic (exact) mass is 428 g/mol. The fourth-order valence-corrected chi connectivity index (χ4v) is 3.77. The Morgan fingerprint density at radius 3 is 2.14 bits per heavy atom. The molecule has 0 atom stereocenters. The molecular formula is C22H29NaO5S. The Bertz CT molecular complexity index is 852. The van der Waals surface area contributed by atoms with E-state index in [0.717, 1.165) is 24.8 Å². The average molecular weight is 429 g/mol. The van der Waals surface area contributed by atoms with Crippen LogP contribution in [-0.4, -0.2) is 13.0 Å². The summed E-state index contributed by atoms with van der Waals surface area (Å²) in [5, 5.41) is 11.8. The quantitative estimate of drug-likeness (QED) is 0.319. The second-order valence-corrected chi connectivity index (χ2v) is 8.42. The van der Waals surface area contributed by atoms with E-state index in [1.165, 1.54) is 62.8 Å². The summed E-state index contributed by atoms with van der Waals surface area (Å²) in [5.41, 5.74) is 0.821. The molecule has 0 heterocycles. The number of hydrogen-bond acceptors (Lipinski definition) is 4. The first kappa shape index (κ1) is 26.0. The van der Waals surface area contributed by atoms with Crippen LogP contribution in [0.5, 0.6) is 17.2 Å². The van der Waals surface area contributed by atoms with Crippen LogP contribution in [0.1, 0.15) is 63.9 Å². The predicted molar refractivity (Wildman–Crippen MR) is 109 cm³/mol. The second kappa shape index (κ2) is 13.3. The molecule has 0 saturated heterocycles. The Labute approximate surface area is 196 Å². The maximum atomic E-state index is 11.8. The van der Waals surface area contributed by atoms with Gasteiger partial charge in [0.15, 0.2) is 0 Å². The van der Waals surface area contributed by atoms with Crippen molar-refractivity contribution in [2.24, 2.45) is 0 Å². The van der Waals surface area contributed by atoms with Crippen LogP contribution in [0.15, 0.2) is 47.4 Å².